The second-order valence-electron chi connectivity index (χ2n) is 10.6. The van der Waals surface area contributed by atoms with E-state index in [1.165, 1.54) is 4.90 Å². The van der Waals surface area contributed by atoms with Gasteiger partial charge in [0.15, 0.2) is 6.10 Å². The molecule has 1 aliphatic carbocycles. The van der Waals surface area contributed by atoms with E-state index in [2.05, 4.69) is 5.32 Å². The number of hydrogen-bond acceptors (Lipinski definition) is 5. The van der Waals surface area contributed by atoms with Crippen molar-refractivity contribution in [2.24, 2.45) is 5.92 Å². The molecule has 2 amide bonds. The number of rotatable bonds is 3. The van der Waals surface area contributed by atoms with Crippen LogP contribution >= 0.6 is 0 Å². The van der Waals surface area contributed by atoms with Crippen molar-refractivity contribution in [2.45, 2.75) is 38.5 Å². The standard InChI is InChI=1S/C33H36N2O5/c1-22(2)29-21-38-18-8-9-19-39-24-16-14-23(15-17-24)20-30(32(36)34-29)35(3)33(37)40-31-27-12-6-4-10-25(27)26-11-5-7-13-28(26)31/h4-17,22,29-31H,18-21H2,1-3H3,(H,34,36)/t29-,30-/m1/s1. The lowest BCUT2D eigenvalue weighted by atomic mass is 10.0. The molecule has 2 aliphatic heterocycles. The Morgan fingerprint density at radius 2 is 1.55 bits per heavy atom. The summed E-state index contributed by atoms with van der Waals surface area (Å²) in [5, 5.41) is 3.14. The molecule has 0 spiro atoms. The minimum absolute atomic E-state index is 0.138. The van der Waals surface area contributed by atoms with E-state index in [9.17, 15) is 9.59 Å². The number of carbonyl (C=O) groups excluding carboxylic acids is 2. The molecule has 2 atom stereocenters. The Labute approximate surface area is 235 Å². The quantitative estimate of drug-likeness (QED) is 0.442. The van der Waals surface area contributed by atoms with Crippen molar-refractivity contribution < 1.29 is 23.8 Å². The van der Waals surface area contributed by atoms with Crippen LogP contribution in [0.25, 0.3) is 11.1 Å². The van der Waals surface area contributed by atoms with E-state index in [-0.39, 0.29) is 17.9 Å². The Hall–Kier alpha value is -4.10. The third kappa shape index (κ3) is 6.05. The first-order valence-electron chi connectivity index (χ1n) is 13.8. The van der Waals surface area contributed by atoms with Gasteiger partial charge < -0.3 is 19.5 Å². The number of hydrogen-bond donors (Lipinski definition) is 1. The Bertz CT molecular complexity index is 1320. The van der Waals surface area contributed by atoms with E-state index in [1.54, 1.807) is 7.05 Å². The molecule has 7 nitrogen and oxygen atoms in total. The zero-order valence-corrected chi connectivity index (χ0v) is 23.2. The van der Waals surface area contributed by atoms with Gasteiger partial charge in [-0.3, -0.25) is 9.69 Å². The van der Waals surface area contributed by atoms with E-state index < -0.39 is 18.2 Å². The average molecular weight is 541 g/mol. The van der Waals surface area contributed by atoms with Crippen molar-refractivity contribution in [2.75, 3.05) is 26.9 Å². The van der Waals surface area contributed by atoms with Crippen LogP contribution in [-0.4, -0.2) is 55.9 Å². The van der Waals surface area contributed by atoms with Crippen LogP contribution in [0.15, 0.2) is 84.9 Å². The fraction of sp³-hybridized carbons (Fsp3) is 0.333. The van der Waals surface area contributed by atoms with Gasteiger partial charge in [0, 0.05) is 24.6 Å². The summed E-state index contributed by atoms with van der Waals surface area (Å²) in [6.45, 7) is 5.30. The van der Waals surface area contributed by atoms with Crippen LogP contribution in [0.2, 0.25) is 0 Å². The third-order valence-electron chi connectivity index (χ3n) is 7.56. The molecule has 40 heavy (non-hydrogen) atoms. The first-order valence-corrected chi connectivity index (χ1v) is 13.8. The van der Waals surface area contributed by atoms with Crippen LogP contribution < -0.4 is 10.1 Å². The number of nitrogens with one attached hydrogen (secondary N) is 1. The molecule has 2 heterocycles. The molecule has 3 aliphatic rings. The largest absolute Gasteiger partial charge is 0.490 e. The summed E-state index contributed by atoms with van der Waals surface area (Å²) in [7, 11) is 1.63. The van der Waals surface area contributed by atoms with Gasteiger partial charge in [0.05, 0.1) is 19.3 Å². The van der Waals surface area contributed by atoms with Crippen molar-refractivity contribution in [3.8, 4) is 16.9 Å². The number of benzene rings is 3. The number of nitrogens with zero attached hydrogens (tertiary/aromatic N) is 1. The van der Waals surface area contributed by atoms with E-state index in [1.807, 2.05) is 98.8 Å². The lowest BCUT2D eigenvalue weighted by Crippen LogP contribution is -2.53. The molecule has 7 heteroatoms. The number of ether oxygens (including phenoxy) is 3. The molecule has 0 saturated heterocycles. The molecular formula is C33H36N2O5. The van der Waals surface area contributed by atoms with Crippen LogP contribution in [0, 0.1) is 5.92 Å². The maximum Gasteiger partial charge on any atom is 0.411 e. The predicted octanol–water partition coefficient (Wildman–Crippen LogP) is 5.54. The van der Waals surface area contributed by atoms with Crippen molar-refractivity contribution in [3.63, 3.8) is 0 Å². The monoisotopic (exact) mass is 540 g/mol. The highest BCUT2D eigenvalue weighted by Gasteiger charge is 2.35. The van der Waals surface area contributed by atoms with E-state index in [4.69, 9.17) is 14.2 Å². The number of fused-ring (bicyclic) bond motifs is 15. The molecule has 3 aromatic carbocycles. The van der Waals surface area contributed by atoms with Crippen LogP contribution in [0.4, 0.5) is 4.79 Å². The molecule has 2 bridgehead atoms. The SMILES string of the molecule is CC(C)[C@H]1COCC=CCOc2ccc(cc2)C[C@@H](N(C)C(=O)OC2c3ccccc3-c3ccccc32)C(=O)N1. The Balaban J connectivity index is 1.41. The molecule has 0 radical (unpaired) electrons. The normalized spacial score (nSPS) is 19.4. The van der Waals surface area contributed by atoms with Gasteiger partial charge in [0.2, 0.25) is 5.91 Å². The molecule has 0 fully saturated rings. The average Bonchev–Trinajstić information content (AvgIpc) is 3.27. The summed E-state index contributed by atoms with van der Waals surface area (Å²) in [5.41, 5.74) is 4.89. The molecule has 208 valence electrons. The molecule has 6 rings (SSSR count). The van der Waals surface area contributed by atoms with Crippen LogP contribution in [0.1, 0.15) is 36.6 Å². The summed E-state index contributed by atoms with van der Waals surface area (Å²) in [4.78, 5) is 28.8. The fourth-order valence-corrected chi connectivity index (χ4v) is 5.12. The summed E-state index contributed by atoms with van der Waals surface area (Å²) >= 11 is 0. The molecule has 0 unspecified atom stereocenters. The van der Waals surface area contributed by atoms with Gasteiger partial charge >= 0.3 is 6.09 Å². The topological polar surface area (TPSA) is 77.1 Å². The highest BCUT2D eigenvalue weighted by atomic mass is 16.6. The van der Waals surface area contributed by atoms with Crippen molar-refractivity contribution in [1.82, 2.24) is 10.2 Å². The van der Waals surface area contributed by atoms with Crippen LogP contribution in [-0.2, 0) is 20.7 Å². The summed E-state index contributed by atoms with van der Waals surface area (Å²) in [6, 6.07) is 22.5. The van der Waals surface area contributed by atoms with E-state index in [0.29, 0.717) is 26.2 Å². The maximum absolute atomic E-state index is 13.8. The second kappa shape index (κ2) is 12.4. The molecule has 0 aromatic heterocycles. The van der Waals surface area contributed by atoms with Gasteiger partial charge in [-0.15, -0.1) is 0 Å². The first kappa shape index (κ1) is 27.5. The predicted molar refractivity (Wildman–Crippen MR) is 154 cm³/mol. The molecule has 3 aromatic rings. The van der Waals surface area contributed by atoms with Gasteiger partial charge in [0.25, 0.3) is 0 Å². The molecular weight excluding hydrogens is 504 g/mol. The highest BCUT2D eigenvalue weighted by molar-refractivity contribution is 5.87. The molecule has 1 N–H and O–H groups in total. The smallest absolute Gasteiger partial charge is 0.411 e. The second-order valence-corrected chi connectivity index (χ2v) is 10.6. The third-order valence-corrected chi connectivity index (χ3v) is 7.56. The Morgan fingerprint density at radius 1 is 0.925 bits per heavy atom. The number of carbonyl (C=O) groups is 2. The lowest BCUT2D eigenvalue weighted by Gasteiger charge is -2.31. The van der Waals surface area contributed by atoms with Gasteiger partial charge in [-0.05, 0) is 40.8 Å². The number of amides is 2. The van der Waals surface area contributed by atoms with Crippen molar-refractivity contribution >= 4 is 12.0 Å². The minimum Gasteiger partial charge on any atom is -0.490 e. The van der Waals surface area contributed by atoms with E-state index >= 15 is 0 Å². The van der Waals surface area contributed by atoms with Crippen LogP contribution in [0.3, 0.4) is 0 Å². The van der Waals surface area contributed by atoms with Gasteiger partial charge in [-0.1, -0.05) is 80.6 Å². The zero-order valence-electron chi connectivity index (χ0n) is 23.2. The molecule has 0 saturated carbocycles. The Morgan fingerprint density at radius 3 is 2.20 bits per heavy atom. The minimum atomic E-state index is -0.791. The zero-order chi connectivity index (χ0) is 28.1. The van der Waals surface area contributed by atoms with Crippen molar-refractivity contribution in [3.05, 3.63) is 102 Å². The van der Waals surface area contributed by atoms with Crippen molar-refractivity contribution in [1.29, 1.82) is 0 Å². The lowest BCUT2D eigenvalue weighted by molar-refractivity contribution is -0.127. The van der Waals surface area contributed by atoms with Crippen LogP contribution in [0.5, 0.6) is 5.75 Å². The summed E-state index contributed by atoms with van der Waals surface area (Å²) < 4.78 is 17.7. The number of likely N-dealkylation sites (N-methyl/N-ethyl adjacent to an activating group) is 1. The van der Waals surface area contributed by atoms with Gasteiger partial charge in [0.1, 0.15) is 18.4 Å². The van der Waals surface area contributed by atoms with Gasteiger partial charge in [-0.25, -0.2) is 4.79 Å². The fourth-order valence-electron chi connectivity index (χ4n) is 5.12. The van der Waals surface area contributed by atoms with Gasteiger partial charge in [-0.2, -0.15) is 0 Å². The Kier molecular flexibility index (Phi) is 8.51. The van der Waals surface area contributed by atoms with E-state index in [0.717, 1.165) is 33.6 Å². The highest BCUT2D eigenvalue weighted by Crippen LogP contribution is 2.45. The maximum atomic E-state index is 13.8. The summed E-state index contributed by atoms with van der Waals surface area (Å²) in [5.74, 6) is 0.615. The summed E-state index contributed by atoms with van der Waals surface area (Å²) in [6.07, 6.45) is 3.04. The first-order chi connectivity index (χ1) is 19.4.